The molecule has 0 saturated heterocycles. The van der Waals surface area contributed by atoms with E-state index >= 15 is 0 Å². The van der Waals surface area contributed by atoms with E-state index in [1.807, 2.05) is 49.4 Å². The molecule has 0 fully saturated rings. The van der Waals surface area contributed by atoms with E-state index in [-0.39, 0.29) is 11.3 Å². The van der Waals surface area contributed by atoms with Crippen LogP contribution in [0.15, 0.2) is 65.7 Å². The number of rotatable bonds is 3. The summed E-state index contributed by atoms with van der Waals surface area (Å²) in [5, 5.41) is 3.36. The van der Waals surface area contributed by atoms with Gasteiger partial charge >= 0.3 is 0 Å². The molecule has 4 nitrogen and oxygen atoms in total. The molecule has 0 bridgehead atoms. The van der Waals surface area contributed by atoms with Crippen molar-refractivity contribution < 1.29 is 9.53 Å². The zero-order chi connectivity index (χ0) is 21.5. The van der Waals surface area contributed by atoms with Crippen LogP contribution < -0.4 is 10.1 Å². The number of halogens is 1. The Labute approximate surface area is 181 Å². The average molecular weight is 419 g/mol. The first-order valence-electron chi connectivity index (χ1n) is 9.80. The van der Waals surface area contributed by atoms with Crippen LogP contribution in [-0.4, -0.2) is 11.6 Å². The van der Waals surface area contributed by atoms with E-state index in [0.717, 1.165) is 17.0 Å². The van der Waals surface area contributed by atoms with Gasteiger partial charge in [-0.05, 0) is 65.9 Å². The lowest BCUT2D eigenvalue weighted by Crippen LogP contribution is -2.14. The Balaban J connectivity index is 1.55. The van der Waals surface area contributed by atoms with E-state index in [0.29, 0.717) is 27.7 Å². The number of fused-ring (bicyclic) bond motifs is 1. The van der Waals surface area contributed by atoms with Crippen molar-refractivity contribution in [3.63, 3.8) is 0 Å². The van der Waals surface area contributed by atoms with E-state index in [1.54, 1.807) is 6.07 Å². The summed E-state index contributed by atoms with van der Waals surface area (Å²) in [6.07, 6.45) is 0. The Morgan fingerprint density at radius 1 is 0.900 bits per heavy atom. The van der Waals surface area contributed by atoms with Gasteiger partial charge in [-0.25, -0.2) is 4.99 Å². The second-order valence-electron chi connectivity index (χ2n) is 8.40. The summed E-state index contributed by atoms with van der Waals surface area (Å²) in [6, 6.07) is 19.1. The minimum atomic E-state index is -0.250. The first-order valence-corrected chi connectivity index (χ1v) is 10.2. The van der Waals surface area contributed by atoms with Crippen LogP contribution >= 0.6 is 11.6 Å². The maximum absolute atomic E-state index is 12.4. The van der Waals surface area contributed by atoms with Gasteiger partial charge in [-0.15, -0.1) is 0 Å². The Kier molecular flexibility index (Phi) is 5.12. The molecular formula is C25H23ClN2O2. The highest BCUT2D eigenvalue weighted by Crippen LogP contribution is 2.35. The van der Waals surface area contributed by atoms with E-state index < -0.39 is 0 Å². The lowest BCUT2D eigenvalue weighted by Gasteiger charge is -2.19. The van der Waals surface area contributed by atoms with E-state index in [1.165, 1.54) is 5.56 Å². The van der Waals surface area contributed by atoms with Gasteiger partial charge < -0.3 is 10.1 Å². The van der Waals surface area contributed by atoms with Crippen molar-refractivity contribution in [3.05, 3.63) is 82.4 Å². The third-order valence-electron chi connectivity index (χ3n) is 5.09. The van der Waals surface area contributed by atoms with Gasteiger partial charge in [-0.1, -0.05) is 50.6 Å². The molecule has 0 unspecified atom stereocenters. The van der Waals surface area contributed by atoms with Gasteiger partial charge in [-0.2, -0.15) is 0 Å². The number of benzene rings is 3. The SMILES string of the molecule is Cc1ccc(Cl)c2c1NC(=O)C2=Nc1ccc(Oc2ccc(C(C)(C)C)cc2)cc1. The van der Waals surface area contributed by atoms with Crippen LogP contribution in [0.1, 0.15) is 37.5 Å². The van der Waals surface area contributed by atoms with E-state index in [2.05, 4.69) is 43.2 Å². The predicted octanol–water partition coefficient (Wildman–Crippen LogP) is 6.81. The lowest BCUT2D eigenvalue weighted by atomic mass is 9.87. The largest absolute Gasteiger partial charge is 0.457 e. The quantitative estimate of drug-likeness (QED) is 0.507. The molecule has 30 heavy (non-hydrogen) atoms. The number of carbonyl (C=O) groups is 1. The molecule has 0 radical (unpaired) electrons. The Morgan fingerprint density at radius 2 is 1.50 bits per heavy atom. The molecule has 1 aliphatic heterocycles. The van der Waals surface area contributed by atoms with Crippen LogP contribution in [-0.2, 0) is 10.2 Å². The van der Waals surface area contributed by atoms with Crippen LogP contribution in [0, 0.1) is 6.92 Å². The summed E-state index contributed by atoms with van der Waals surface area (Å²) in [4.78, 5) is 17.0. The maximum atomic E-state index is 12.4. The average Bonchev–Trinajstić information content (AvgIpc) is 3.03. The van der Waals surface area contributed by atoms with Crippen molar-refractivity contribution in [2.75, 3.05) is 5.32 Å². The molecule has 1 amide bonds. The van der Waals surface area contributed by atoms with Gasteiger partial charge in [0, 0.05) is 5.56 Å². The molecule has 3 aromatic rings. The minimum absolute atomic E-state index is 0.103. The molecule has 4 rings (SSSR count). The van der Waals surface area contributed by atoms with Crippen LogP contribution in [0.3, 0.4) is 0 Å². The van der Waals surface area contributed by atoms with Gasteiger partial charge in [0.2, 0.25) is 0 Å². The van der Waals surface area contributed by atoms with Crippen molar-refractivity contribution in [3.8, 4) is 11.5 Å². The predicted molar refractivity (Wildman–Crippen MR) is 123 cm³/mol. The van der Waals surface area contributed by atoms with Crippen LogP contribution in [0.5, 0.6) is 11.5 Å². The summed E-state index contributed by atoms with van der Waals surface area (Å²) >= 11 is 6.33. The smallest absolute Gasteiger partial charge is 0.275 e. The highest BCUT2D eigenvalue weighted by atomic mass is 35.5. The highest BCUT2D eigenvalue weighted by molar-refractivity contribution is 6.57. The number of nitrogens with one attached hydrogen (secondary N) is 1. The highest BCUT2D eigenvalue weighted by Gasteiger charge is 2.29. The maximum Gasteiger partial charge on any atom is 0.275 e. The third-order valence-corrected chi connectivity index (χ3v) is 5.40. The van der Waals surface area contributed by atoms with E-state index in [4.69, 9.17) is 16.3 Å². The fourth-order valence-corrected chi connectivity index (χ4v) is 3.59. The van der Waals surface area contributed by atoms with Crippen molar-refractivity contribution >= 4 is 34.6 Å². The second kappa shape index (κ2) is 7.62. The molecule has 0 atom stereocenters. The van der Waals surface area contributed by atoms with Crippen molar-refractivity contribution in [2.24, 2.45) is 4.99 Å². The fourth-order valence-electron chi connectivity index (χ4n) is 3.34. The van der Waals surface area contributed by atoms with Gasteiger partial charge in [-0.3, -0.25) is 4.79 Å². The molecule has 1 aliphatic rings. The van der Waals surface area contributed by atoms with Crippen molar-refractivity contribution in [2.45, 2.75) is 33.1 Å². The number of hydrogen-bond acceptors (Lipinski definition) is 3. The zero-order valence-corrected chi connectivity index (χ0v) is 18.2. The van der Waals surface area contributed by atoms with E-state index in [9.17, 15) is 4.79 Å². The number of amides is 1. The standard InChI is InChI=1S/C25H23ClN2O2/c1-15-5-14-20(26)21-22(15)28-24(29)23(21)27-17-8-12-19(13-9-17)30-18-10-6-16(7-11-18)25(2,3)4/h5-14H,1-4H3,(H,27,28,29). The fraction of sp³-hybridized carbons (Fsp3) is 0.200. The summed E-state index contributed by atoms with van der Waals surface area (Å²) in [7, 11) is 0. The Hall–Kier alpha value is -3.11. The normalized spacial score (nSPS) is 14.6. The Bertz CT molecular complexity index is 1140. The topological polar surface area (TPSA) is 50.7 Å². The number of nitrogens with zero attached hydrogens (tertiary/aromatic N) is 1. The number of hydrogen-bond donors (Lipinski definition) is 1. The number of carbonyl (C=O) groups excluding carboxylic acids is 1. The third kappa shape index (κ3) is 3.96. The molecule has 3 aromatic carbocycles. The number of aryl methyl sites for hydroxylation is 1. The van der Waals surface area contributed by atoms with Crippen LogP contribution in [0.2, 0.25) is 5.02 Å². The van der Waals surface area contributed by atoms with Gasteiger partial charge in [0.15, 0.2) is 0 Å². The minimum Gasteiger partial charge on any atom is -0.457 e. The molecule has 0 spiro atoms. The molecule has 152 valence electrons. The number of aliphatic imine (C=N–C) groups is 1. The van der Waals surface area contributed by atoms with Gasteiger partial charge in [0.1, 0.15) is 17.2 Å². The monoisotopic (exact) mass is 418 g/mol. The summed E-state index contributed by atoms with van der Waals surface area (Å²) in [5.74, 6) is 1.22. The van der Waals surface area contributed by atoms with Gasteiger partial charge in [0.05, 0.1) is 16.4 Å². The zero-order valence-electron chi connectivity index (χ0n) is 17.4. The molecule has 1 heterocycles. The summed E-state index contributed by atoms with van der Waals surface area (Å²) < 4.78 is 5.93. The van der Waals surface area contributed by atoms with Gasteiger partial charge in [0.25, 0.3) is 5.91 Å². The molecule has 0 aliphatic carbocycles. The first-order chi connectivity index (χ1) is 14.2. The molecule has 5 heteroatoms. The molecule has 0 aromatic heterocycles. The summed E-state index contributed by atoms with van der Waals surface area (Å²) in [6.45, 7) is 8.47. The van der Waals surface area contributed by atoms with Crippen LogP contribution in [0.4, 0.5) is 11.4 Å². The molecular weight excluding hydrogens is 396 g/mol. The number of anilines is 1. The molecule has 1 N–H and O–H groups in total. The van der Waals surface area contributed by atoms with Crippen LogP contribution in [0.25, 0.3) is 0 Å². The number of ether oxygens (including phenoxy) is 1. The van der Waals surface area contributed by atoms with Crippen molar-refractivity contribution in [1.29, 1.82) is 0 Å². The second-order valence-corrected chi connectivity index (χ2v) is 8.81. The molecule has 0 saturated carbocycles. The lowest BCUT2D eigenvalue weighted by molar-refractivity contribution is -0.110. The Morgan fingerprint density at radius 3 is 2.10 bits per heavy atom. The first kappa shape index (κ1) is 20.2. The summed E-state index contributed by atoms with van der Waals surface area (Å²) in [5.41, 5.74) is 4.67. The van der Waals surface area contributed by atoms with Crippen molar-refractivity contribution in [1.82, 2.24) is 0 Å².